The predicted octanol–water partition coefficient (Wildman–Crippen LogP) is -2.34. The van der Waals surface area contributed by atoms with E-state index in [0.717, 1.165) is 23.3 Å². The number of rotatable bonds is 4. The zero-order valence-corrected chi connectivity index (χ0v) is 12.1. The van der Waals surface area contributed by atoms with E-state index in [2.05, 4.69) is 0 Å². The Morgan fingerprint density at radius 2 is 1.88 bits per heavy atom. The maximum atomic E-state index is 10.4. The number of fused-ring (bicyclic) bond motifs is 1. The first kappa shape index (κ1) is 14.4. The number of carbonyl (C=O) groups excluding carboxylic acids is 1. The van der Waals surface area contributed by atoms with Gasteiger partial charge in [-0.3, -0.25) is 0 Å². The van der Waals surface area contributed by atoms with Crippen LogP contribution in [0.1, 0.15) is 24.5 Å². The summed E-state index contributed by atoms with van der Waals surface area (Å²) in [5.41, 5.74) is 2.10. The maximum absolute atomic E-state index is 10.4. The molecule has 1 aliphatic heterocycles. The molecule has 0 fully saturated rings. The average Bonchev–Trinajstić information content (AvgIpc) is 2.71. The summed E-state index contributed by atoms with van der Waals surface area (Å²) in [5.74, 6) is 0.416. The third-order valence-corrected chi connectivity index (χ3v) is 2.67. The molecule has 5 heteroatoms. The minimum absolute atomic E-state index is 0. The summed E-state index contributed by atoms with van der Waals surface area (Å²) >= 11 is 0. The molecule has 1 aliphatic rings. The van der Waals surface area contributed by atoms with Crippen LogP contribution in [-0.4, -0.2) is 12.8 Å². The van der Waals surface area contributed by atoms with E-state index in [1.54, 1.807) is 0 Å². The Kier molecular flexibility index (Phi) is 5.31. The Morgan fingerprint density at radius 1 is 1.29 bits per heavy atom. The number of carboxylic acid groups (broad SMARTS) is 1. The second kappa shape index (κ2) is 6.28. The molecular weight excluding hydrogens is 231 g/mol. The van der Waals surface area contributed by atoms with Crippen LogP contribution in [0.15, 0.2) is 12.1 Å². The van der Waals surface area contributed by atoms with Crippen molar-refractivity contribution in [3.63, 3.8) is 0 Å². The number of carboxylic acids is 1. The number of hydrogen-bond donors (Lipinski definition) is 0. The Hall–Kier alpha value is -0.710. The standard InChI is InChI=1S/C12H14O4.Na/c1-2-8-5-10-11(16-7-15-10)6-9(8)3-4-12(13)14;/h5-6H,2-4,7H2,1H3,(H,13,14);/q;+1/p-1. The van der Waals surface area contributed by atoms with E-state index in [9.17, 15) is 9.90 Å². The van der Waals surface area contributed by atoms with Crippen LogP contribution in [0.5, 0.6) is 11.5 Å². The van der Waals surface area contributed by atoms with Gasteiger partial charge in [0.15, 0.2) is 11.5 Å². The molecule has 0 aromatic heterocycles. The summed E-state index contributed by atoms with van der Waals surface area (Å²) in [6, 6.07) is 3.79. The maximum Gasteiger partial charge on any atom is 1.00 e. The third-order valence-electron chi connectivity index (χ3n) is 2.67. The molecule has 2 rings (SSSR count). The molecule has 0 radical (unpaired) electrons. The molecule has 0 atom stereocenters. The van der Waals surface area contributed by atoms with Crippen molar-refractivity contribution in [2.45, 2.75) is 26.2 Å². The Morgan fingerprint density at radius 3 is 2.41 bits per heavy atom. The molecule has 0 spiro atoms. The van der Waals surface area contributed by atoms with Crippen molar-refractivity contribution >= 4 is 5.97 Å². The monoisotopic (exact) mass is 244 g/mol. The molecule has 86 valence electrons. The quantitative estimate of drug-likeness (QED) is 0.557. The van der Waals surface area contributed by atoms with E-state index in [1.807, 2.05) is 19.1 Å². The summed E-state index contributed by atoms with van der Waals surface area (Å²) in [7, 11) is 0. The number of aryl methyl sites for hydroxylation is 2. The molecule has 1 aromatic rings. The van der Waals surface area contributed by atoms with Gasteiger partial charge in [-0.15, -0.1) is 0 Å². The molecule has 0 amide bonds. The van der Waals surface area contributed by atoms with Gasteiger partial charge in [-0.25, -0.2) is 0 Å². The van der Waals surface area contributed by atoms with Gasteiger partial charge in [0.1, 0.15) is 0 Å². The Balaban J connectivity index is 0.00000144. The molecular formula is C12H13NaO4. The summed E-state index contributed by atoms with van der Waals surface area (Å²) < 4.78 is 10.5. The van der Waals surface area contributed by atoms with E-state index in [4.69, 9.17) is 9.47 Å². The van der Waals surface area contributed by atoms with Gasteiger partial charge in [0.05, 0.1) is 0 Å². The van der Waals surface area contributed by atoms with Gasteiger partial charge in [-0.05, 0) is 42.5 Å². The summed E-state index contributed by atoms with van der Waals surface area (Å²) in [6.07, 6.45) is 1.35. The molecule has 1 heterocycles. The van der Waals surface area contributed by atoms with Gasteiger partial charge < -0.3 is 19.4 Å². The van der Waals surface area contributed by atoms with Crippen molar-refractivity contribution in [3.8, 4) is 11.5 Å². The van der Waals surface area contributed by atoms with Crippen LogP contribution in [0.4, 0.5) is 0 Å². The summed E-state index contributed by atoms with van der Waals surface area (Å²) in [5, 5.41) is 10.4. The van der Waals surface area contributed by atoms with Crippen LogP contribution in [0, 0.1) is 0 Å². The fraction of sp³-hybridized carbons (Fsp3) is 0.417. The van der Waals surface area contributed by atoms with Gasteiger partial charge in [-0.2, -0.15) is 0 Å². The normalized spacial score (nSPS) is 12.1. The largest absolute Gasteiger partial charge is 1.00 e. The van der Waals surface area contributed by atoms with E-state index < -0.39 is 5.97 Å². The second-order valence-corrected chi connectivity index (χ2v) is 3.70. The minimum Gasteiger partial charge on any atom is -0.550 e. The van der Waals surface area contributed by atoms with Crippen LogP contribution in [0.25, 0.3) is 0 Å². The topological polar surface area (TPSA) is 58.6 Å². The molecule has 0 bridgehead atoms. The fourth-order valence-corrected chi connectivity index (χ4v) is 1.82. The molecule has 0 N–H and O–H groups in total. The van der Waals surface area contributed by atoms with Crippen LogP contribution >= 0.6 is 0 Å². The minimum atomic E-state index is -1.03. The molecule has 0 saturated heterocycles. The summed E-state index contributed by atoms with van der Waals surface area (Å²) in [6.45, 7) is 2.27. The van der Waals surface area contributed by atoms with E-state index in [0.29, 0.717) is 12.2 Å². The second-order valence-electron chi connectivity index (χ2n) is 3.70. The zero-order chi connectivity index (χ0) is 11.5. The number of ether oxygens (including phenoxy) is 2. The van der Waals surface area contributed by atoms with E-state index in [1.165, 1.54) is 0 Å². The van der Waals surface area contributed by atoms with Crippen LogP contribution < -0.4 is 44.1 Å². The van der Waals surface area contributed by atoms with Crippen molar-refractivity contribution in [2.24, 2.45) is 0 Å². The number of aliphatic carboxylic acids is 1. The summed E-state index contributed by atoms with van der Waals surface area (Å²) in [4.78, 5) is 10.4. The van der Waals surface area contributed by atoms with Crippen LogP contribution in [-0.2, 0) is 17.6 Å². The smallest absolute Gasteiger partial charge is 0.550 e. The Bertz CT molecular complexity index is 417. The zero-order valence-electron chi connectivity index (χ0n) is 10.1. The van der Waals surface area contributed by atoms with Gasteiger partial charge in [0.2, 0.25) is 6.79 Å². The molecule has 4 nitrogen and oxygen atoms in total. The van der Waals surface area contributed by atoms with E-state index in [-0.39, 0.29) is 42.8 Å². The number of benzene rings is 1. The van der Waals surface area contributed by atoms with Crippen LogP contribution in [0.2, 0.25) is 0 Å². The average molecular weight is 244 g/mol. The van der Waals surface area contributed by atoms with E-state index >= 15 is 0 Å². The van der Waals surface area contributed by atoms with Crippen molar-refractivity contribution in [3.05, 3.63) is 23.3 Å². The number of hydrogen-bond acceptors (Lipinski definition) is 4. The molecule has 0 saturated carbocycles. The first-order valence-electron chi connectivity index (χ1n) is 5.32. The van der Waals surface area contributed by atoms with Crippen molar-refractivity contribution in [2.75, 3.05) is 6.79 Å². The Labute approximate surface area is 122 Å². The number of carbonyl (C=O) groups is 1. The van der Waals surface area contributed by atoms with Crippen LogP contribution in [0.3, 0.4) is 0 Å². The van der Waals surface area contributed by atoms with Crippen molar-refractivity contribution in [1.29, 1.82) is 0 Å². The first-order valence-corrected chi connectivity index (χ1v) is 5.32. The molecule has 0 aliphatic carbocycles. The molecule has 0 unspecified atom stereocenters. The van der Waals surface area contributed by atoms with Gasteiger partial charge in [0, 0.05) is 5.97 Å². The molecule has 1 aromatic carbocycles. The van der Waals surface area contributed by atoms with Gasteiger partial charge in [-0.1, -0.05) is 6.92 Å². The van der Waals surface area contributed by atoms with Crippen molar-refractivity contribution in [1.82, 2.24) is 0 Å². The predicted molar refractivity (Wildman–Crippen MR) is 55.3 cm³/mol. The molecule has 17 heavy (non-hydrogen) atoms. The van der Waals surface area contributed by atoms with Crippen molar-refractivity contribution < 1.29 is 48.9 Å². The first-order chi connectivity index (χ1) is 7.70. The van der Waals surface area contributed by atoms with Gasteiger partial charge >= 0.3 is 29.6 Å². The fourth-order valence-electron chi connectivity index (χ4n) is 1.82. The SMILES string of the molecule is CCc1cc2c(cc1CCC(=O)[O-])OCO2.[Na+]. The third kappa shape index (κ3) is 3.37. The van der Waals surface area contributed by atoms with Gasteiger partial charge in [0.25, 0.3) is 0 Å².